The molecule has 104 valence electrons. The summed E-state index contributed by atoms with van der Waals surface area (Å²) in [5.41, 5.74) is 0.348. The van der Waals surface area contributed by atoms with E-state index in [4.69, 9.17) is 11.6 Å². The van der Waals surface area contributed by atoms with Crippen LogP contribution in [0.3, 0.4) is 0 Å². The van der Waals surface area contributed by atoms with Crippen molar-refractivity contribution in [3.05, 3.63) is 10.7 Å². The molecule has 0 aliphatic heterocycles. The third kappa shape index (κ3) is 3.27. The molecule has 1 aromatic rings. The first-order valence-corrected chi connectivity index (χ1v) is 6.98. The van der Waals surface area contributed by atoms with Crippen molar-refractivity contribution in [2.24, 2.45) is 0 Å². The lowest BCUT2D eigenvalue weighted by Gasteiger charge is -2.24. The molecule has 1 rings (SSSR count). The first kappa shape index (κ1) is 15.5. The zero-order chi connectivity index (χ0) is 14.4. The molecular formula is C13H20ClN5. The summed E-state index contributed by atoms with van der Waals surface area (Å²) in [6, 6.07) is 2.10. The molecule has 0 amide bonds. The summed E-state index contributed by atoms with van der Waals surface area (Å²) in [4.78, 5) is 12.8. The van der Waals surface area contributed by atoms with E-state index in [2.05, 4.69) is 16.0 Å². The SMILES string of the molecule is CCN(CC)c1nc(Cl)c(C#N)c(N(CC)CC)n1. The molecule has 1 heterocycles. The number of nitrogens with zero attached hydrogens (tertiary/aromatic N) is 5. The average molecular weight is 282 g/mol. The van der Waals surface area contributed by atoms with Crippen LogP contribution < -0.4 is 9.80 Å². The van der Waals surface area contributed by atoms with Crippen LogP contribution in [0.1, 0.15) is 33.3 Å². The fourth-order valence-corrected chi connectivity index (χ4v) is 2.11. The Balaban J connectivity index is 3.38. The minimum atomic E-state index is 0.223. The van der Waals surface area contributed by atoms with E-state index < -0.39 is 0 Å². The Labute approximate surface area is 119 Å². The lowest BCUT2D eigenvalue weighted by Crippen LogP contribution is -2.28. The van der Waals surface area contributed by atoms with Crippen molar-refractivity contribution >= 4 is 23.4 Å². The van der Waals surface area contributed by atoms with Crippen LogP contribution in [-0.2, 0) is 0 Å². The molecule has 0 radical (unpaired) electrons. The fourth-order valence-electron chi connectivity index (χ4n) is 1.91. The van der Waals surface area contributed by atoms with Gasteiger partial charge in [0.05, 0.1) is 0 Å². The first-order valence-electron chi connectivity index (χ1n) is 6.60. The Hall–Kier alpha value is -1.54. The summed E-state index contributed by atoms with van der Waals surface area (Å²) in [6.07, 6.45) is 0. The maximum Gasteiger partial charge on any atom is 0.228 e. The molecule has 19 heavy (non-hydrogen) atoms. The van der Waals surface area contributed by atoms with E-state index in [1.54, 1.807) is 0 Å². The van der Waals surface area contributed by atoms with Crippen LogP contribution >= 0.6 is 11.6 Å². The maximum absolute atomic E-state index is 9.23. The molecule has 0 saturated heterocycles. The van der Waals surface area contributed by atoms with Gasteiger partial charge in [-0.25, -0.2) is 0 Å². The third-order valence-corrected chi connectivity index (χ3v) is 3.33. The Bertz CT molecular complexity index is 461. The molecule has 0 aliphatic rings. The Morgan fingerprint density at radius 2 is 1.53 bits per heavy atom. The van der Waals surface area contributed by atoms with E-state index >= 15 is 0 Å². The molecule has 0 saturated carbocycles. The third-order valence-electron chi connectivity index (χ3n) is 3.06. The number of anilines is 2. The van der Waals surface area contributed by atoms with Crippen LogP contribution in [0, 0.1) is 11.3 Å². The van der Waals surface area contributed by atoms with E-state index in [0.29, 0.717) is 17.3 Å². The molecule has 0 bridgehead atoms. The van der Waals surface area contributed by atoms with Gasteiger partial charge in [0.2, 0.25) is 5.95 Å². The number of rotatable bonds is 6. The summed E-state index contributed by atoms with van der Waals surface area (Å²) >= 11 is 6.12. The molecule has 0 unspecified atom stereocenters. The van der Waals surface area contributed by atoms with Crippen molar-refractivity contribution < 1.29 is 0 Å². The fraction of sp³-hybridized carbons (Fsp3) is 0.615. The van der Waals surface area contributed by atoms with Crippen molar-refractivity contribution in [1.82, 2.24) is 9.97 Å². The monoisotopic (exact) mass is 281 g/mol. The lowest BCUT2D eigenvalue weighted by molar-refractivity contribution is 0.797. The molecule has 0 spiro atoms. The van der Waals surface area contributed by atoms with Gasteiger partial charge in [0.25, 0.3) is 0 Å². The number of hydrogen-bond donors (Lipinski definition) is 0. The Morgan fingerprint density at radius 1 is 1.00 bits per heavy atom. The highest BCUT2D eigenvalue weighted by Crippen LogP contribution is 2.26. The van der Waals surface area contributed by atoms with E-state index in [-0.39, 0.29) is 5.15 Å². The van der Waals surface area contributed by atoms with Gasteiger partial charge in [0.15, 0.2) is 11.0 Å². The summed E-state index contributed by atoms with van der Waals surface area (Å²) in [5, 5.41) is 9.45. The zero-order valence-corrected chi connectivity index (χ0v) is 12.7. The van der Waals surface area contributed by atoms with Crippen LogP contribution in [0.25, 0.3) is 0 Å². The van der Waals surface area contributed by atoms with Gasteiger partial charge in [0, 0.05) is 26.2 Å². The average Bonchev–Trinajstić information content (AvgIpc) is 2.41. The van der Waals surface area contributed by atoms with Crippen molar-refractivity contribution in [1.29, 1.82) is 5.26 Å². The zero-order valence-electron chi connectivity index (χ0n) is 11.9. The molecule has 0 atom stereocenters. The van der Waals surface area contributed by atoms with E-state index in [1.165, 1.54) is 0 Å². The van der Waals surface area contributed by atoms with Gasteiger partial charge in [-0.05, 0) is 27.7 Å². The predicted molar refractivity (Wildman–Crippen MR) is 78.9 cm³/mol. The second-order valence-corrected chi connectivity index (χ2v) is 4.33. The summed E-state index contributed by atoms with van der Waals surface area (Å²) in [7, 11) is 0. The number of aromatic nitrogens is 2. The number of hydrogen-bond acceptors (Lipinski definition) is 5. The molecule has 0 aromatic carbocycles. The second kappa shape index (κ2) is 7.15. The lowest BCUT2D eigenvalue weighted by atomic mass is 10.3. The normalized spacial score (nSPS) is 10.1. The minimum absolute atomic E-state index is 0.223. The van der Waals surface area contributed by atoms with E-state index in [0.717, 1.165) is 26.2 Å². The van der Waals surface area contributed by atoms with Crippen molar-refractivity contribution in [3.63, 3.8) is 0 Å². The van der Waals surface area contributed by atoms with Gasteiger partial charge in [-0.2, -0.15) is 15.2 Å². The predicted octanol–water partition coefficient (Wildman–Crippen LogP) is 2.69. The van der Waals surface area contributed by atoms with Gasteiger partial charge in [0.1, 0.15) is 11.6 Å². The standard InChI is InChI=1S/C13H20ClN5/c1-5-18(6-2)12-10(9-15)11(14)16-13(17-12)19(7-3)8-4/h5-8H2,1-4H3. The highest BCUT2D eigenvalue weighted by Gasteiger charge is 2.18. The smallest absolute Gasteiger partial charge is 0.228 e. The van der Waals surface area contributed by atoms with Crippen molar-refractivity contribution in [2.75, 3.05) is 36.0 Å². The van der Waals surface area contributed by atoms with Crippen molar-refractivity contribution in [3.8, 4) is 6.07 Å². The molecule has 0 fully saturated rings. The topological polar surface area (TPSA) is 56.1 Å². The highest BCUT2D eigenvalue weighted by molar-refractivity contribution is 6.31. The van der Waals surface area contributed by atoms with Gasteiger partial charge < -0.3 is 9.80 Å². The Kier molecular flexibility index (Phi) is 5.84. The molecule has 1 aromatic heterocycles. The summed E-state index contributed by atoms with van der Waals surface area (Å²) < 4.78 is 0. The van der Waals surface area contributed by atoms with Crippen molar-refractivity contribution in [2.45, 2.75) is 27.7 Å². The number of halogens is 1. The van der Waals surface area contributed by atoms with Gasteiger partial charge in [-0.15, -0.1) is 0 Å². The van der Waals surface area contributed by atoms with E-state index in [1.807, 2.05) is 37.5 Å². The molecule has 5 nitrogen and oxygen atoms in total. The summed E-state index contributed by atoms with van der Waals surface area (Å²) in [6.45, 7) is 11.3. The van der Waals surface area contributed by atoms with Gasteiger partial charge in [-0.1, -0.05) is 11.6 Å². The molecule has 6 heteroatoms. The van der Waals surface area contributed by atoms with Crippen LogP contribution in [-0.4, -0.2) is 36.1 Å². The Morgan fingerprint density at radius 3 is 1.95 bits per heavy atom. The molecule has 0 N–H and O–H groups in total. The quantitative estimate of drug-likeness (QED) is 0.751. The maximum atomic E-state index is 9.23. The number of nitriles is 1. The van der Waals surface area contributed by atoms with Crippen LogP contribution in [0.2, 0.25) is 5.15 Å². The molecule has 0 aliphatic carbocycles. The van der Waals surface area contributed by atoms with E-state index in [9.17, 15) is 5.26 Å². The van der Waals surface area contributed by atoms with Gasteiger partial charge >= 0.3 is 0 Å². The molecular weight excluding hydrogens is 262 g/mol. The van der Waals surface area contributed by atoms with Gasteiger partial charge in [-0.3, -0.25) is 0 Å². The minimum Gasteiger partial charge on any atom is -0.356 e. The first-order chi connectivity index (χ1) is 9.12. The van der Waals surface area contributed by atoms with Crippen LogP contribution in [0.5, 0.6) is 0 Å². The largest absolute Gasteiger partial charge is 0.356 e. The summed E-state index contributed by atoms with van der Waals surface area (Å²) in [5.74, 6) is 1.20. The highest BCUT2D eigenvalue weighted by atomic mass is 35.5. The second-order valence-electron chi connectivity index (χ2n) is 3.97. The van der Waals surface area contributed by atoms with Crippen LogP contribution in [0.4, 0.5) is 11.8 Å². The van der Waals surface area contributed by atoms with Crippen LogP contribution in [0.15, 0.2) is 0 Å².